The standard InChI is InChI=1S/C24H30N2O3/c1-24(2,3)17-19(18-9-5-4-6-10-18)25-22(27)13-14-23(28)26-15-16-29-21-12-8-7-11-20(21)26/h4-12,19H,13-17H2,1-3H3,(H,25,27). The van der Waals surface area contributed by atoms with Gasteiger partial charge in [-0.2, -0.15) is 0 Å². The zero-order chi connectivity index (χ0) is 20.9. The maximum absolute atomic E-state index is 12.7. The van der Waals surface area contributed by atoms with E-state index in [4.69, 9.17) is 4.74 Å². The molecule has 5 nitrogen and oxygen atoms in total. The fourth-order valence-electron chi connectivity index (χ4n) is 3.60. The first-order valence-corrected chi connectivity index (χ1v) is 10.2. The number of nitrogens with one attached hydrogen (secondary N) is 1. The lowest BCUT2D eigenvalue weighted by Gasteiger charge is -2.30. The molecular formula is C24H30N2O3. The van der Waals surface area contributed by atoms with Gasteiger partial charge in [-0.05, 0) is 29.5 Å². The third-order valence-electron chi connectivity index (χ3n) is 4.95. The molecule has 1 N–H and O–H groups in total. The molecule has 0 spiro atoms. The third-order valence-corrected chi connectivity index (χ3v) is 4.95. The zero-order valence-electron chi connectivity index (χ0n) is 17.5. The molecule has 2 aromatic carbocycles. The summed E-state index contributed by atoms with van der Waals surface area (Å²) < 4.78 is 5.60. The van der Waals surface area contributed by atoms with E-state index in [0.717, 1.165) is 17.7 Å². The largest absolute Gasteiger partial charge is 0.490 e. The summed E-state index contributed by atoms with van der Waals surface area (Å²) in [7, 11) is 0. The molecule has 0 saturated heterocycles. The highest BCUT2D eigenvalue weighted by molar-refractivity contribution is 5.97. The summed E-state index contributed by atoms with van der Waals surface area (Å²) in [6.07, 6.45) is 1.18. The van der Waals surface area contributed by atoms with E-state index in [2.05, 4.69) is 26.1 Å². The van der Waals surface area contributed by atoms with Crippen molar-refractivity contribution in [1.29, 1.82) is 0 Å². The van der Waals surface area contributed by atoms with E-state index in [-0.39, 0.29) is 36.1 Å². The van der Waals surface area contributed by atoms with E-state index in [0.29, 0.717) is 18.9 Å². The van der Waals surface area contributed by atoms with Crippen LogP contribution in [0.25, 0.3) is 0 Å². The number of carbonyl (C=O) groups excluding carboxylic acids is 2. The van der Waals surface area contributed by atoms with E-state index >= 15 is 0 Å². The highest BCUT2D eigenvalue weighted by Crippen LogP contribution is 2.32. The van der Waals surface area contributed by atoms with E-state index in [1.54, 1.807) is 4.90 Å². The number of fused-ring (bicyclic) bond motifs is 1. The fraction of sp³-hybridized carbons (Fsp3) is 0.417. The van der Waals surface area contributed by atoms with Crippen LogP contribution in [0.4, 0.5) is 5.69 Å². The molecule has 1 aliphatic rings. The summed E-state index contributed by atoms with van der Waals surface area (Å²) in [6.45, 7) is 7.46. The Morgan fingerprint density at radius 2 is 1.72 bits per heavy atom. The molecule has 1 heterocycles. The number of benzene rings is 2. The molecule has 154 valence electrons. The topological polar surface area (TPSA) is 58.6 Å². The average molecular weight is 395 g/mol. The minimum Gasteiger partial charge on any atom is -0.490 e. The second-order valence-electron chi connectivity index (χ2n) is 8.66. The summed E-state index contributed by atoms with van der Waals surface area (Å²) in [6, 6.07) is 17.4. The van der Waals surface area contributed by atoms with Crippen LogP contribution in [-0.4, -0.2) is 25.0 Å². The number of hydrogen-bond acceptors (Lipinski definition) is 3. The Bertz CT molecular complexity index is 843. The number of amides is 2. The van der Waals surface area contributed by atoms with Crippen LogP contribution in [0.1, 0.15) is 51.6 Å². The number of nitrogens with zero attached hydrogens (tertiary/aromatic N) is 1. The SMILES string of the molecule is CC(C)(C)CC(NC(=O)CCC(=O)N1CCOc2ccccc21)c1ccccc1. The Balaban J connectivity index is 1.60. The first-order valence-electron chi connectivity index (χ1n) is 10.2. The van der Waals surface area contributed by atoms with Gasteiger partial charge in [-0.3, -0.25) is 9.59 Å². The van der Waals surface area contributed by atoms with E-state index < -0.39 is 0 Å². The smallest absolute Gasteiger partial charge is 0.227 e. The van der Waals surface area contributed by atoms with Crippen LogP contribution in [0, 0.1) is 5.41 Å². The second-order valence-corrected chi connectivity index (χ2v) is 8.66. The van der Waals surface area contributed by atoms with Crippen molar-refractivity contribution >= 4 is 17.5 Å². The first-order chi connectivity index (χ1) is 13.8. The molecule has 1 aliphatic heterocycles. The van der Waals surface area contributed by atoms with Crippen molar-refractivity contribution in [1.82, 2.24) is 5.32 Å². The molecule has 29 heavy (non-hydrogen) atoms. The van der Waals surface area contributed by atoms with Crippen molar-refractivity contribution in [2.45, 2.75) is 46.1 Å². The Kier molecular flexibility index (Phi) is 6.57. The van der Waals surface area contributed by atoms with Crippen LogP contribution in [0.2, 0.25) is 0 Å². The van der Waals surface area contributed by atoms with Crippen molar-refractivity contribution in [2.75, 3.05) is 18.1 Å². The predicted molar refractivity (Wildman–Crippen MR) is 115 cm³/mol. The Hall–Kier alpha value is -2.82. The molecule has 0 aromatic heterocycles. The molecule has 5 heteroatoms. The van der Waals surface area contributed by atoms with Crippen LogP contribution in [0.15, 0.2) is 54.6 Å². The van der Waals surface area contributed by atoms with Gasteiger partial charge in [0.2, 0.25) is 11.8 Å². The van der Waals surface area contributed by atoms with Gasteiger partial charge < -0.3 is 15.0 Å². The molecule has 0 fully saturated rings. The summed E-state index contributed by atoms with van der Waals surface area (Å²) >= 11 is 0. The molecule has 0 aliphatic carbocycles. The van der Waals surface area contributed by atoms with Crippen LogP contribution in [0.3, 0.4) is 0 Å². The van der Waals surface area contributed by atoms with Gasteiger partial charge in [0.15, 0.2) is 0 Å². The van der Waals surface area contributed by atoms with Crippen LogP contribution < -0.4 is 15.0 Å². The molecule has 0 bridgehead atoms. The zero-order valence-corrected chi connectivity index (χ0v) is 17.5. The molecule has 1 atom stereocenters. The van der Waals surface area contributed by atoms with Gasteiger partial charge in [-0.15, -0.1) is 0 Å². The first kappa shape index (κ1) is 20.9. The molecule has 2 amide bonds. The lowest BCUT2D eigenvalue weighted by atomic mass is 9.85. The molecule has 3 rings (SSSR count). The molecule has 1 unspecified atom stereocenters. The molecular weight excluding hydrogens is 364 g/mol. The molecule has 0 saturated carbocycles. The van der Waals surface area contributed by atoms with Crippen molar-refractivity contribution < 1.29 is 14.3 Å². The maximum Gasteiger partial charge on any atom is 0.227 e. The van der Waals surface area contributed by atoms with Crippen molar-refractivity contribution in [3.8, 4) is 5.75 Å². The van der Waals surface area contributed by atoms with Gasteiger partial charge >= 0.3 is 0 Å². The van der Waals surface area contributed by atoms with Crippen molar-refractivity contribution in [3.63, 3.8) is 0 Å². The number of para-hydroxylation sites is 2. The highest BCUT2D eigenvalue weighted by atomic mass is 16.5. The lowest BCUT2D eigenvalue weighted by Crippen LogP contribution is -2.38. The van der Waals surface area contributed by atoms with Crippen molar-refractivity contribution in [3.05, 3.63) is 60.2 Å². The van der Waals surface area contributed by atoms with Gasteiger partial charge in [0.1, 0.15) is 12.4 Å². The Labute approximate surface area is 173 Å². The summed E-state index contributed by atoms with van der Waals surface area (Å²) in [4.78, 5) is 27.1. The summed E-state index contributed by atoms with van der Waals surface area (Å²) in [5.41, 5.74) is 1.93. The number of anilines is 1. The van der Waals surface area contributed by atoms with Gasteiger partial charge in [0.05, 0.1) is 18.3 Å². The van der Waals surface area contributed by atoms with E-state index in [9.17, 15) is 9.59 Å². The van der Waals surface area contributed by atoms with Gasteiger partial charge in [-0.1, -0.05) is 63.2 Å². The van der Waals surface area contributed by atoms with Crippen LogP contribution in [0.5, 0.6) is 5.75 Å². The number of ether oxygens (including phenoxy) is 1. The summed E-state index contributed by atoms with van der Waals surface area (Å²) in [5.74, 6) is 0.562. The average Bonchev–Trinajstić information content (AvgIpc) is 2.71. The normalized spacial score (nSPS) is 14.5. The fourth-order valence-corrected chi connectivity index (χ4v) is 3.60. The van der Waals surface area contributed by atoms with Crippen LogP contribution >= 0.6 is 0 Å². The third kappa shape index (κ3) is 5.83. The lowest BCUT2D eigenvalue weighted by molar-refractivity contribution is -0.126. The maximum atomic E-state index is 12.7. The van der Waals surface area contributed by atoms with Gasteiger partial charge in [-0.25, -0.2) is 0 Å². The molecule has 2 aromatic rings. The van der Waals surface area contributed by atoms with Gasteiger partial charge in [0, 0.05) is 12.8 Å². The number of hydrogen-bond donors (Lipinski definition) is 1. The van der Waals surface area contributed by atoms with Gasteiger partial charge in [0.25, 0.3) is 0 Å². The summed E-state index contributed by atoms with van der Waals surface area (Å²) in [5, 5.41) is 3.13. The Morgan fingerprint density at radius 3 is 2.45 bits per heavy atom. The minimum absolute atomic E-state index is 0.0528. The van der Waals surface area contributed by atoms with E-state index in [1.165, 1.54) is 0 Å². The van der Waals surface area contributed by atoms with E-state index in [1.807, 2.05) is 54.6 Å². The minimum atomic E-state index is -0.0991. The monoisotopic (exact) mass is 394 g/mol. The Morgan fingerprint density at radius 1 is 1.03 bits per heavy atom. The predicted octanol–water partition coefficient (Wildman–Crippen LogP) is 4.49. The van der Waals surface area contributed by atoms with Crippen LogP contribution in [-0.2, 0) is 9.59 Å². The highest BCUT2D eigenvalue weighted by Gasteiger charge is 2.25. The number of rotatable bonds is 6. The second kappa shape index (κ2) is 9.12. The molecule has 0 radical (unpaired) electrons. The quantitative estimate of drug-likeness (QED) is 0.786. The van der Waals surface area contributed by atoms with Crippen molar-refractivity contribution in [2.24, 2.45) is 5.41 Å². The number of carbonyl (C=O) groups is 2.